The predicted octanol–water partition coefficient (Wildman–Crippen LogP) is 0.0189. The van der Waals surface area contributed by atoms with Crippen molar-refractivity contribution in [3.63, 3.8) is 0 Å². The van der Waals surface area contributed by atoms with Gasteiger partial charge in [0.15, 0.2) is 5.78 Å². The van der Waals surface area contributed by atoms with E-state index in [0.29, 0.717) is 6.54 Å². The van der Waals surface area contributed by atoms with Crippen molar-refractivity contribution >= 4 is 5.78 Å². The van der Waals surface area contributed by atoms with E-state index in [9.17, 15) is 4.79 Å². The maximum absolute atomic E-state index is 11.4. The minimum atomic E-state index is -0.0417. The van der Waals surface area contributed by atoms with Gasteiger partial charge in [0.25, 0.3) is 0 Å². The molecule has 1 unspecified atom stereocenters. The Hall–Kier alpha value is -0.410. The topological polar surface area (TPSA) is 41.1 Å². The molecule has 0 aromatic rings. The highest BCUT2D eigenvalue weighted by Crippen LogP contribution is 1.98. The van der Waals surface area contributed by atoms with Gasteiger partial charge in [0, 0.05) is 12.5 Å². The van der Waals surface area contributed by atoms with E-state index < -0.39 is 0 Å². The van der Waals surface area contributed by atoms with Crippen LogP contribution in [0.3, 0.4) is 0 Å². The first-order chi connectivity index (χ1) is 5.13. The number of carbonyl (C=O) groups is 1. The monoisotopic (exact) mass is 158 g/mol. The largest absolute Gasteiger partial charge is 0.318 e. The van der Waals surface area contributed by atoms with Crippen LogP contribution in [0.1, 0.15) is 13.8 Å². The molecule has 0 aliphatic rings. The van der Waals surface area contributed by atoms with Gasteiger partial charge in [-0.1, -0.05) is 13.8 Å². The molecule has 0 radical (unpaired) electrons. The minimum Gasteiger partial charge on any atom is -0.318 e. The maximum atomic E-state index is 11.4. The highest BCUT2D eigenvalue weighted by molar-refractivity contribution is 5.85. The fraction of sp³-hybridized carbons (Fsp3) is 0.875. The van der Waals surface area contributed by atoms with Crippen molar-refractivity contribution in [2.75, 3.05) is 20.6 Å². The van der Waals surface area contributed by atoms with Gasteiger partial charge in [-0.3, -0.25) is 4.79 Å². The van der Waals surface area contributed by atoms with Gasteiger partial charge < -0.3 is 10.6 Å². The third-order valence-corrected chi connectivity index (χ3v) is 1.67. The molecule has 0 fully saturated rings. The van der Waals surface area contributed by atoms with Crippen LogP contribution in [0.25, 0.3) is 0 Å². The molecule has 3 nitrogen and oxygen atoms in total. The first-order valence-corrected chi connectivity index (χ1v) is 3.99. The number of carbonyl (C=O) groups excluding carboxylic acids is 1. The summed E-state index contributed by atoms with van der Waals surface area (Å²) in [5.41, 5.74) is 0. The smallest absolute Gasteiger partial charge is 0.153 e. The van der Waals surface area contributed by atoms with Crippen LogP contribution >= 0.6 is 0 Å². The van der Waals surface area contributed by atoms with Gasteiger partial charge in [-0.05, 0) is 14.1 Å². The predicted molar refractivity (Wildman–Crippen MR) is 46.6 cm³/mol. The van der Waals surface area contributed by atoms with Gasteiger partial charge in [0.2, 0.25) is 0 Å². The molecule has 2 N–H and O–H groups in total. The van der Waals surface area contributed by atoms with Crippen molar-refractivity contribution in [3.8, 4) is 0 Å². The summed E-state index contributed by atoms with van der Waals surface area (Å²) in [7, 11) is 3.65. The lowest BCUT2D eigenvalue weighted by atomic mass is 10.0. The van der Waals surface area contributed by atoms with E-state index in [1.807, 2.05) is 27.9 Å². The summed E-state index contributed by atoms with van der Waals surface area (Å²) in [5.74, 6) is 0.377. The molecule has 0 spiro atoms. The summed E-state index contributed by atoms with van der Waals surface area (Å²) in [4.78, 5) is 11.4. The van der Waals surface area contributed by atoms with E-state index in [-0.39, 0.29) is 17.7 Å². The van der Waals surface area contributed by atoms with Gasteiger partial charge in [0.05, 0.1) is 6.04 Å². The lowest BCUT2D eigenvalue weighted by molar-refractivity contribution is -0.123. The van der Waals surface area contributed by atoms with Crippen LogP contribution in [0.5, 0.6) is 0 Å². The Kier molecular flexibility index (Phi) is 5.07. The first kappa shape index (κ1) is 10.6. The molecule has 0 aromatic heterocycles. The second-order valence-electron chi connectivity index (χ2n) is 2.96. The molecular formula is C8H18N2O. The molecule has 0 amide bonds. The Morgan fingerprint density at radius 2 is 1.91 bits per heavy atom. The first-order valence-electron chi connectivity index (χ1n) is 3.99. The standard InChI is InChI=1S/C8H18N2O/c1-6(2)8(11)7(10-4)5-9-3/h6-7,9-10H,5H2,1-4H3. The van der Waals surface area contributed by atoms with E-state index in [2.05, 4.69) is 10.6 Å². The molecule has 0 bridgehead atoms. The van der Waals surface area contributed by atoms with Crippen molar-refractivity contribution in [2.24, 2.45) is 5.92 Å². The van der Waals surface area contributed by atoms with Crippen LogP contribution < -0.4 is 10.6 Å². The lowest BCUT2D eigenvalue weighted by Gasteiger charge is -2.16. The van der Waals surface area contributed by atoms with E-state index >= 15 is 0 Å². The Labute approximate surface area is 68.6 Å². The number of Topliss-reactive ketones (excluding diaryl/α,β-unsaturated/α-hetero) is 1. The summed E-state index contributed by atoms with van der Waals surface area (Å²) in [6.07, 6.45) is 0. The van der Waals surface area contributed by atoms with Crippen LogP contribution in [-0.2, 0) is 4.79 Å². The minimum absolute atomic E-state index is 0.0417. The molecule has 0 aliphatic carbocycles. The van der Waals surface area contributed by atoms with Gasteiger partial charge in [0.1, 0.15) is 0 Å². The van der Waals surface area contributed by atoms with Gasteiger partial charge in [-0.2, -0.15) is 0 Å². The lowest BCUT2D eigenvalue weighted by Crippen LogP contribution is -2.43. The fourth-order valence-electron chi connectivity index (χ4n) is 0.951. The summed E-state index contributed by atoms with van der Waals surface area (Å²) in [5, 5.41) is 5.94. The molecule has 0 rings (SSSR count). The summed E-state index contributed by atoms with van der Waals surface area (Å²) in [6.45, 7) is 4.54. The Balaban J connectivity index is 3.92. The third kappa shape index (κ3) is 3.49. The zero-order chi connectivity index (χ0) is 8.85. The Morgan fingerprint density at radius 3 is 2.18 bits per heavy atom. The van der Waals surface area contributed by atoms with Crippen LogP contribution in [0.4, 0.5) is 0 Å². The third-order valence-electron chi connectivity index (χ3n) is 1.67. The van der Waals surface area contributed by atoms with Gasteiger partial charge in [-0.25, -0.2) is 0 Å². The van der Waals surface area contributed by atoms with E-state index in [4.69, 9.17) is 0 Å². The number of hydrogen-bond donors (Lipinski definition) is 2. The number of ketones is 1. The van der Waals surface area contributed by atoms with Crippen LogP contribution in [0.15, 0.2) is 0 Å². The average Bonchev–Trinajstić information content (AvgIpc) is 1.98. The average molecular weight is 158 g/mol. The summed E-state index contributed by atoms with van der Waals surface area (Å²) in [6, 6.07) is -0.0417. The van der Waals surface area contributed by atoms with Crippen molar-refractivity contribution in [3.05, 3.63) is 0 Å². The molecule has 0 aliphatic heterocycles. The maximum Gasteiger partial charge on any atom is 0.153 e. The normalized spacial score (nSPS) is 13.5. The SMILES string of the molecule is CNCC(NC)C(=O)C(C)C. The van der Waals surface area contributed by atoms with Crippen molar-refractivity contribution in [2.45, 2.75) is 19.9 Å². The second kappa shape index (κ2) is 5.27. The van der Waals surface area contributed by atoms with Gasteiger partial charge >= 0.3 is 0 Å². The highest BCUT2D eigenvalue weighted by Gasteiger charge is 2.17. The number of rotatable bonds is 5. The molecule has 3 heteroatoms. The van der Waals surface area contributed by atoms with Crippen LogP contribution in [0, 0.1) is 5.92 Å². The number of nitrogens with one attached hydrogen (secondary N) is 2. The molecule has 0 saturated carbocycles. The quantitative estimate of drug-likeness (QED) is 0.592. The highest BCUT2D eigenvalue weighted by atomic mass is 16.1. The number of likely N-dealkylation sites (N-methyl/N-ethyl adjacent to an activating group) is 2. The Morgan fingerprint density at radius 1 is 1.36 bits per heavy atom. The summed E-state index contributed by atoms with van der Waals surface area (Å²) >= 11 is 0. The molecular weight excluding hydrogens is 140 g/mol. The van der Waals surface area contributed by atoms with E-state index in [0.717, 1.165) is 0 Å². The molecule has 66 valence electrons. The second-order valence-corrected chi connectivity index (χ2v) is 2.96. The summed E-state index contributed by atoms with van der Waals surface area (Å²) < 4.78 is 0. The fourth-order valence-corrected chi connectivity index (χ4v) is 0.951. The molecule has 1 atom stereocenters. The molecule has 0 heterocycles. The van der Waals surface area contributed by atoms with Crippen molar-refractivity contribution in [1.29, 1.82) is 0 Å². The van der Waals surface area contributed by atoms with Crippen LogP contribution in [-0.4, -0.2) is 32.5 Å². The van der Waals surface area contributed by atoms with E-state index in [1.165, 1.54) is 0 Å². The molecule has 0 saturated heterocycles. The van der Waals surface area contributed by atoms with Crippen LogP contribution in [0.2, 0.25) is 0 Å². The van der Waals surface area contributed by atoms with Crippen molar-refractivity contribution < 1.29 is 4.79 Å². The van der Waals surface area contributed by atoms with Gasteiger partial charge in [-0.15, -0.1) is 0 Å². The molecule has 11 heavy (non-hydrogen) atoms. The Bertz CT molecular complexity index is 123. The van der Waals surface area contributed by atoms with E-state index in [1.54, 1.807) is 0 Å². The van der Waals surface area contributed by atoms with Crippen molar-refractivity contribution in [1.82, 2.24) is 10.6 Å². The molecule has 0 aromatic carbocycles. The number of hydrogen-bond acceptors (Lipinski definition) is 3. The zero-order valence-corrected chi connectivity index (χ0v) is 7.77. The zero-order valence-electron chi connectivity index (χ0n) is 7.77.